The summed E-state index contributed by atoms with van der Waals surface area (Å²) < 4.78 is 11.0. The Bertz CT molecular complexity index is 905. The topological polar surface area (TPSA) is 41.9 Å². The van der Waals surface area contributed by atoms with E-state index in [0.29, 0.717) is 5.75 Å². The number of hydrogen-bond acceptors (Lipinski definition) is 4. The Labute approximate surface area is 148 Å². The number of benzene rings is 3. The highest BCUT2D eigenvalue weighted by atomic mass is 16.5. The standard InChI is InChI=1S/C21H25NO3/c1-5-22(2)13-12-16-17(24-3)10-8-14-6-7-15-9-11-18(25-4)21(23)20(15)19(14)16/h6-11,23H,5,12-13H2,1-4H3. The van der Waals surface area contributed by atoms with Gasteiger partial charge >= 0.3 is 0 Å². The zero-order valence-corrected chi connectivity index (χ0v) is 15.3. The van der Waals surface area contributed by atoms with Crippen LogP contribution >= 0.6 is 0 Å². The average Bonchev–Trinajstić information content (AvgIpc) is 2.65. The largest absolute Gasteiger partial charge is 0.504 e. The first-order valence-corrected chi connectivity index (χ1v) is 8.57. The van der Waals surface area contributed by atoms with Gasteiger partial charge in [0.25, 0.3) is 0 Å². The van der Waals surface area contributed by atoms with Crippen LogP contribution in [0.2, 0.25) is 0 Å². The number of rotatable bonds is 6. The van der Waals surface area contributed by atoms with Gasteiger partial charge in [-0.2, -0.15) is 0 Å². The molecule has 0 unspecified atom stereocenters. The van der Waals surface area contributed by atoms with Gasteiger partial charge in [-0.05, 0) is 42.9 Å². The predicted molar refractivity (Wildman–Crippen MR) is 103 cm³/mol. The number of likely N-dealkylation sites (N-methyl/N-ethyl adjacent to an activating group) is 1. The van der Waals surface area contributed by atoms with Crippen molar-refractivity contribution in [2.75, 3.05) is 34.4 Å². The first-order chi connectivity index (χ1) is 12.1. The van der Waals surface area contributed by atoms with E-state index in [9.17, 15) is 5.11 Å². The van der Waals surface area contributed by atoms with Gasteiger partial charge in [0.2, 0.25) is 0 Å². The molecule has 3 rings (SSSR count). The van der Waals surface area contributed by atoms with Gasteiger partial charge in [-0.15, -0.1) is 0 Å². The average molecular weight is 339 g/mol. The maximum absolute atomic E-state index is 10.8. The number of hydrogen-bond donors (Lipinski definition) is 1. The quantitative estimate of drug-likeness (QED) is 0.683. The molecule has 4 heteroatoms. The third-order valence-corrected chi connectivity index (χ3v) is 4.89. The highest BCUT2D eigenvalue weighted by Gasteiger charge is 2.16. The molecule has 3 aromatic rings. The summed E-state index contributed by atoms with van der Waals surface area (Å²) in [7, 11) is 5.37. The van der Waals surface area contributed by atoms with Gasteiger partial charge in [0.1, 0.15) is 5.75 Å². The monoisotopic (exact) mass is 339 g/mol. The van der Waals surface area contributed by atoms with Crippen molar-refractivity contribution >= 4 is 21.5 Å². The number of phenolic OH excluding ortho intramolecular Hbond substituents is 1. The molecule has 132 valence electrons. The van der Waals surface area contributed by atoms with Crippen LogP contribution in [0.5, 0.6) is 17.2 Å². The molecule has 0 fully saturated rings. The number of aromatic hydroxyl groups is 1. The zero-order chi connectivity index (χ0) is 18.0. The minimum Gasteiger partial charge on any atom is -0.504 e. The molecule has 0 heterocycles. The fourth-order valence-corrected chi connectivity index (χ4v) is 3.31. The van der Waals surface area contributed by atoms with Crippen LogP contribution in [0.25, 0.3) is 21.5 Å². The molecule has 0 radical (unpaired) electrons. The second kappa shape index (κ2) is 7.19. The van der Waals surface area contributed by atoms with Crippen LogP contribution in [-0.4, -0.2) is 44.4 Å². The summed E-state index contributed by atoms with van der Waals surface area (Å²) in [5, 5.41) is 14.7. The van der Waals surface area contributed by atoms with Crippen molar-refractivity contribution in [1.82, 2.24) is 4.90 Å². The molecular formula is C21H25NO3. The van der Waals surface area contributed by atoms with Crippen molar-refractivity contribution in [3.63, 3.8) is 0 Å². The van der Waals surface area contributed by atoms with E-state index in [1.165, 1.54) is 0 Å². The van der Waals surface area contributed by atoms with E-state index in [0.717, 1.165) is 52.4 Å². The van der Waals surface area contributed by atoms with Crippen molar-refractivity contribution in [3.05, 3.63) is 42.0 Å². The minimum absolute atomic E-state index is 0.184. The smallest absolute Gasteiger partial charge is 0.166 e. The molecule has 0 saturated heterocycles. The van der Waals surface area contributed by atoms with Gasteiger partial charge in [-0.3, -0.25) is 0 Å². The van der Waals surface area contributed by atoms with Gasteiger partial charge < -0.3 is 19.5 Å². The fourth-order valence-electron chi connectivity index (χ4n) is 3.31. The summed E-state index contributed by atoms with van der Waals surface area (Å²) in [6, 6.07) is 12.0. The van der Waals surface area contributed by atoms with E-state index in [2.05, 4.69) is 24.9 Å². The molecule has 0 aliphatic rings. The zero-order valence-electron chi connectivity index (χ0n) is 15.3. The molecule has 0 aliphatic carbocycles. The highest BCUT2D eigenvalue weighted by molar-refractivity contribution is 6.13. The van der Waals surface area contributed by atoms with E-state index in [4.69, 9.17) is 9.47 Å². The summed E-state index contributed by atoms with van der Waals surface area (Å²) in [4.78, 5) is 2.27. The Morgan fingerprint density at radius 3 is 2.04 bits per heavy atom. The van der Waals surface area contributed by atoms with E-state index < -0.39 is 0 Å². The van der Waals surface area contributed by atoms with E-state index in [-0.39, 0.29) is 5.75 Å². The number of methoxy groups -OCH3 is 2. The number of ether oxygens (including phenoxy) is 2. The Balaban J connectivity index is 2.33. The van der Waals surface area contributed by atoms with Crippen LogP contribution in [0, 0.1) is 0 Å². The summed E-state index contributed by atoms with van der Waals surface area (Å²) >= 11 is 0. The van der Waals surface area contributed by atoms with Crippen LogP contribution in [-0.2, 0) is 6.42 Å². The Morgan fingerprint density at radius 2 is 1.44 bits per heavy atom. The van der Waals surface area contributed by atoms with Gasteiger partial charge in [-0.1, -0.05) is 31.2 Å². The molecule has 1 N–H and O–H groups in total. The molecule has 0 amide bonds. The number of phenols is 1. The van der Waals surface area contributed by atoms with Crippen molar-refractivity contribution in [2.24, 2.45) is 0 Å². The molecule has 25 heavy (non-hydrogen) atoms. The first kappa shape index (κ1) is 17.4. The lowest BCUT2D eigenvalue weighted by Gasteiger charge is -2.18. The van der Waals surface area contributed by atoms with Gasteiger partial charge in [0, 0.05) is 22.9 Å². The maximum atomic E-state index is 10.8. The second-order valence-corrected chi connectivity index (χ2v) is 6.27. The van der Waals surface area contributed by atoms with Crippen molar-refractivity contribution in [1.29, 1.82) is 0 Å². The molecule has 0 spiro atoms. The lowest BCUT2D eigenvalue weighted by molar-refractivity contribution is 0.353. The molecule has 4 nitrogen and oxygen atoms in total. The second-order valence-electron chi connectivity index (χ2n) is 6.27. The summed E-state index contributed by atoms with van der Waals surface area (Å²) in [6.07, 6.45) is 0.848. The minimum atomic E-state index is 0.184. The van der Waals surface area contributed by atoms with E-state index >= 15 is 0 Å². The molecule has 0 bridgehead atoms. The van der Waals surface area contributed by atoms with Gasteiger partial charge in [-0.25, -0.2) is 0 Å². The van der Waals surface area contributed by atoms with Crippen LogP contribution in [0.1, 0.15) is 12.5 Å². The number of nitrogens with zero attached hydrogens (tertiary/aromatic N) is 1. The SMILES string of the molecule is CCN(C)CCc1c(OC)ccc2ccc3ccc(OC)c(O)c3c12. The van der Waals surface area contributed by atoms with Crippen molar-refractivity contribution in [2.45, 2.75) is 13.3 Å². The van der Waals surface area contributed by atoms with Crippen molar-refractivity contribution in [3.8, 4) is 17.2 Å². The number of fused-ring (bicyclic) bond motifs is 3. The third-order valence-electron chi connectivity index (χ3n) is 4.89. The molecule has 0 aliphatic heterocycles. The lowest BCUT2D eigenvalue weighted by atomic mass is 9.94. The predicted octanol–water partition coefficient (Wildman–Crippen LogP) is 4.21. The highest BCUT2D eigenvalue weighted by Crippen LogP contribution is 2.42. The maximum Gasteiger partial charge on any atom is 0.166 e. The fraction of sp³-hybridized carbons (Fsp3) is 0.333. The normalized spacial score (nSPS) is 11.4. The molecule has 0 aromatic heterocycles. The summed E-state index contributed by atoms with van der Waals surface area (Å²) in [5.74, 6) is 1.52. The van der Waals surface area contributed by atoms with Crippen LogP contribution in [0.4, 0.5) is 0 Å². The Morgan fingerprint density at radius 1 is 0.880 bits per heavy atom. The molecular weight excluding hydrogens is 314 g/mol. The van der Waals surface area contributed by atoms with Crippen LogP contribution < -0.4 is 9.47 Å². The Hall–Kier alpha value is -2.46. The molecule has 3 aromatic carbocycles. The molecule has 0 saturated carbocycles. The third kappa shape index (κ3) is 3.10. The van der Waals surface area contributed by atoms with E-state index in [1.807, 2.05) is 24.3 Å². The first-order valence-electron chi connectivity index (χ1n) is 8.57. The van der Waals surface area contributed by atoms with Crippen LogP contribution in [0.15, 0.2) is 36.4 Å². The lowest BCUT2D eigenvalue weighted by Crippen LogP contribution is -2.20. The summed E-state index contributed by atoms with van der Waals surface area (Å²) in [5.41, 5.74) is 1.12. The summed E-state index contributed by atoms with van der Waals surface area (Å²) in [6.45, 7) is 4.06. The Kier molecular flexibility index (Phi) is 5.00. The van der Waals surface area contributed by atoms with Gasteiger partial charge in [0.15, 0.2) is 11.5 Å². The van der Waals surface area contributed by atoms with Gasteiger partial charge in [0.05, 0.1) is 14.2 Å². The molecule has 0 atom stereocenters. The van der Waals surface area contributed by atoms with Crippen LogP contribution in [0.3, 0.4) is 0 Å². The van der Waals surface area contributed by atoms with Crippen molar-refractivity contribution < 1.29 is 14.6 Å². The van der Waals surface area contributed by atoms with E-state index in [1.54, 1.807) is 20.3 Å².